The molecular weight excluding hydrogens is 396 g/mol. The second-order valence-electron chi connectivity index (χ2n) is 7.78. The molecule has 0 aliphatic carbocycles. The molecule has 1 fully saturated rings. The average molecular weight is 427 g/mol. The highest BCUT2D eigenvalue weighted by atomic mass is 35.5. The molecule has 2 aromatic rings. The van der Waals surface area contributed by atoms with E-state index in [0.717, 1.165) is 74.1 Å². The summed E-state index contributed by atoms with van der Waals surface area (Å²) in [6.07, 6.45) is 1.76. The van der Waals surface area contributed by atoms with Gasteiger partial charge in [-0.3, -0.25) is 4.90 Å². The minimum atomic E-state index is -0.0184. The second kappa shape index (κ2) is 12.0. The van der Waals surface area contributed by atoms with E-state index in [-0.39, 0.29) is 6.10 Å². The normalized spacial score (nSPS) is 15.5. The van der Waals surface area contributed by atoms with Gasteiger partial charge in [0.25, 0.3) is 0 Å². The Morgan fingerprint density at radius 2 is 1.77 bits per heavy atom. The zero-order valence-corrected chi connectivity index (χ0v) is 18.7. The van der Waals surface area contributed by atoms with Crippen LogP contribution in [0.2, 0.25) is 5.02 Å². The molecular formula is C25H31ClN2O2. The number of ether oxygens (including phenoxy) is 2. The lowest BCUT2D eigenvalue weighted by Gasteiger charge is -2.25. The molecule has 1 unspecified atom stereocenters. The third-order valence-corrected chi connectivity index (χ3v) is 5.35. The fraction of sp³-hybridized carbons (Fsp3) is 0.440. The van der Waals surface area contributed by atoms with Crippen molar-refractivity contribution in [3.05, 3.63) is 64.7 Å². The van der Waals surface area contributed by atoms with Crippen LogP contribution < -0.4 is 4.74 Å². The highest BCUT2D eigenvalue weighted by Gasteiger charge is 2.14. The Hall–Kier alpha value is -2.03. The molecule has 1 aliphatic rings. The van der Waals surface area contributed by atoms with E-state index in [1.807, 2.05) is 48.5 Å². The van der Waals surface area contributed by atoms with Gasteiger partial charge in [-0.15, -0.1) is 0 Å². The van der Waals surface area contributed by atoms with Gasteiger partial charge in [0.15, 0.2) is 0 Å². The molecule has 30 heavy (non-hydrogen) atoms. The minimum absolute atomic E-state index is 0.0184. The van der Waals surface area contributed by atoms with Crippen molar-refractivity contribution in [1.29, 1.82) is 0 Å². The number of benzene rings is 2. The van der Waals surface area contributed by atoms with Gasteiger partial charge in [0.2, 0.25) is 0 Å². The van der Waals surface area contributed by atoms with Crippen LogP contribution in [0.25, 0.3) is 0 Å². The number of halogens is 1. The molecule has 1 aliphatic heterocycles. The molecule has 1 heterocycles. The smallest absolute Gasteiger partial charge is 0.125 e. The topological polar surface area (TPSA) is 24.9 Å². The standard InChI is InChI=1S/C25H31ClN2O2/c1-27(2)16-14-25(22-8-10-23(26)11-9-22)30-24-12-6-21(7-13-24)5-3-4-15-28-17-19-29-20-18-28/h6-13,25H,4,14-20H2,1-2H3. The maximum Gasteiger partial charge on any atom is 0.125 e. The van der Waals surface area contributed by atoms with Crippen LogP contribution in [0.4, 0.5) is 0 Å². The third kappa shape index (κ3) is 7.66. The van der Waals surface area contributed by atoms with Gasteiger partial charge in [-0.2, -0.15) is 0 Å². The van der Waals surface area contributed by atoms with Crippen LogP contribution >= 0.6 is 11.6 Å². The van der Waals surface area contributed by atoms with Crippen molar-refractivity contribution in [3.8, 4) is 17.6 Å². The zero-order valence-electron chi connectivity index (χ0n) is 17.9. The summed E-state index contributed by atoms with van der Waals surface area (Å²) < 4.78 is 11.7. The number of morpholine rings is 1. The van der Waals surface area contributed by atoms with Crippen molar-refractivity contribution in [2.24, 2.45) is 0 Å². The van der Waals surface area contributed by atoms with E-state index in [2.05, 4.69) is 35.7 Å². The summed E-state index contributed by atoms with van der Waals surface area (Å²) in [5.74, 6) is 7.39. The first-order chi connectivity index (χ1) is 14.6. The Morgan fingerprint density at radius 1 is 1.07 bits per heavy atom. The van der Waals surface area contributed by atoms with Crippen molar-refractivity contribution in [3.63, 3.8) is 0 Å². The first-order valence-electron chi connectivity index (χ1n) is 10.6. The Bertz CT molecular complexity index is 819. The average Bonchev–Trinajstić information content (AvgIpc) is 2.76. The van der Waals surface area contributed by atoms with Crippen LogP contribution in [-0.2, 0) is 4.74 Å². The monoisotopic (exact) mass is 426 g/mol. The minimum Gasteiger partial charge on any atom is -0.486 e. The van der Waals surface area contributed by atoms with Crippen LogP contribution in [0.3, 0.4) is 0 Å². The maximum absolute atomic E-state index is 6.31. The van der Waals surface area contributed by atoms with Crippen LogP contribution in [0.1, 0.15) is 30.1 Å². The molecule has 0 spiro atoms. The Labute approximate surface area is 185 Å². The molecule has 2 aromatic carbocycles. The first-order valence-corrected chi connectivity index (χ1v) is 10.9. The Morgan fingerprint density at radius 3 is 2.43 bits per heavy atom. The molecule has 0 bridgehead atoms. The number of rotatable bonds is 8. The summed E-state index contributed by atoms with van der Waals surface area (Å²) in [6, 6.07) is 16.0. The first kappa shape index (κ1) is 22.7. The molecule has 0 saturated carbocycles. The zero-order chi connectivity index (χ0) is 21.2. The van der Waals surface area contributed by atoms with Gasteiger partial charge in [-0.1, -0.05) is 35.6 Å². The van der Waals surface area contributed by atoms with E-state index in [0.29, 0.717) is 0 Å². The summed E-state index contributed by atoms with van der Waals surface area (Å²) in [5.41, 5.74) is 2.15. The van der Waals surface area contributed by atoms with Gasteiger partial charge in [0.1, 0.15) is 11.9 Å². The molecule has 3 rings (SSSR count). The second-order valence-corrected chi connectivity index (χ2v) is 8.22. The van der Waals surface area contributed by atoms with Gasteiger partial charge >= 0.3 is 0 Å². The molecule has 0 N–H and O–H groups in total. The van der Waals surface area contributed by atoms with Gasteiger partial charge in [-0.05, 0) is 56.1 Å². The highest BCUT2D eigenvalue weighted by molar-refractivity contribution is 6.30. The Balaban J connectivity index is 1.56. The predicted octanol–water partition coefficient (Wildman–Crippen LogP) is 4.49. The molecule has 5 heteroatoms. The van der Waals surface area contributed by atoms with Crippen molar-refractivity contribution >= 4 is 11.6 Å². The van der Waals surface area contributed by atoms with E-state index in [4.69, 9.17) is 21.1 Å². The molecule has 1 saturated heterocycles. The van der Waals surface area contributed by atoms with E-state index in [1.165, 1.54) is 0 Å². The summed E-state index contributed by atoms with van der Waals surface area (Å²) >= 11 is 6.05. The summed E-state index contributed by atoms with van der Waals surface area (Å²) in [6.45, 7) is 5.64. The fourth-order valence-corrected chi connectivity index (χ4v) is 3.46. The molecule has 0 aromatic heterocycles. The van der Waals surface area contributed by atoms with Crippen LogP contribution in [0.15, 0.2) is 48.5 Å². The molecule has 1 atom stereocenters. The van der Waals surface area contributed by atoms with Crippen LogP contribution in [0.5, 0.6) is 5.75 Å². The number of nitrogens with zero attached hydrogens (tertiary/aromatic N) is 2. The van der Waals surface area contributed by atoms with Crippen molar-refractivity contribution < 1.29 is 9.47 Å². The molecule has 0 amide bonds. The molecule has 160 valence electrons. The highest BCUT2D eigenvalue weighted by Crippen LogP contribution is 2.26. The van der Waals surface area contributed by atoms with Gasteiger partial charge in [0.05, 0.1) is 13.2 Å². The third-order valence-electron chi connectivity index (χ3n) is 5.10. The number of hydrogen-bond acceptors (Lipinski definition) is 4. The fourth-order valence-electron chi connectivity index (χ4n) is 3.33. The Kier molecular flexibility index (Phi) is 9.04. The summed E-state index contributed by atoms with van der Waals surface area (Å²) in [5, 5.41) is 0.738. The van der Waals surface area contributed by atoms with Crippen LogP contribution in [0, 0.1) is 11.8 Å². The van der Waals surface area contributed by atoms with Crippen molar-refractivity contribution in [2.45, 2.75) is 18.9 Å². The molecule has 4 nitrogen and oxygen atoms in total. The van der Waals surface area contributed by atoms with E-state index >= 15 is 0 Å². The lowest BCUT2D eigenvalue weighted by Crippen LogP contribution is -2.36. The largest absolute Gasteiger partial charge is 0.486 e. The maximum atomic E-state index is 6.31. The van der Waals surface area contributed by atoms with E-state index < -0.39 is 0 Å². The van der Waals surface area contributed by atoms with Gasteiger partial charge in [-0.25, -0.2) is 0 Å². The van der Waals surface area contributed by atoms with Gasteiger partial charge < -0.3 is 14.4 Å². The predicted molar refractivity (Wildman–Crippen MR) is 123 cm³/mol. The van der Waals surface area contributed by atoms with Gasteiger partial charge in [0, 0.05) is 49.6 Å². The summed E-state index contributed by atoms with van der Waals surface area (Å²) in [4.78, 5) is 4.57. The van der Waals surface area contributed by atoms with Crippen LogP contribution in [-0.4, -0.2) is 63.3 Å². The molecule has 0 radical (unpaired) electrons. The van der Waals surface area contributed by atoms with E-state index in [1.54, 1.807) is 0 Å². The lowest BCUT2D eigenvalue weighted by atomic mass is 10.1. The SMILES string of the molecule is CN(C)CCC(Oc1ccc(C#CCCN2CCOCC2)cc1)c1ccc(Cl)cc1. The quantitative estimate of drug-likeness (QED) is 0.581. The van der Waals surface area contributed by atoms with Crippen molar-refractivity contribution in [1.82, 2.24) is 9.80 Å². The number of hydrogen-bond donors (Lipinski definition) is 0. The lowest BCUT2D eigenvalue weighted by molar-refractivity contribution is 0.0390. The van der Waals surface area contributed by atoms with Crippen molar-refractivity contribution in [2.75, 3.05) is 53.5 Å². The summed E-state index contributed by atoms with van der Waals surface area (Å²) in [7, 11) is 4.15. The van der Waals surface area contributed by atoms with E-state index in [9.17, 15) is 0 Å².